The van der Waals surface area contributed by atoms with E-state index >= 15 is 0 Å². The van der Waals surface area contributed by atoms with Crippen LogP contribution in [0.25, 0.3) is 0 Å². The van der Waals surface area contributed by atoms with Crippen molar-refractivity contribution >= 4 is 38.9 Å². The second-order valence-corrected chi connectivity index (χ2v) is 6.08. The van der Waals surface area contributed by atoms with Gasteiger partial charge in [-0.05, 0) is 36.6 Å². The Morgan fingerprint density at radius 2 is 2.21 bits per heavy atom. The lowest BCUT2D eigenvalue weighted by Crippen LogP contribution is -2.30. The van der Waals surface area contributed by atoms with Gasteiger partial charge in [-0.15, -0.1) is 11.3 Å². The molecular weight excluding hydrogens is 324 g/mol. The number of hydrogen-bond acceptors (Lipinski definition) is 3. The summed E-state index contributed by atoms with van der Waals surface area (Å²) in [6, 6.07) is 9.38. The molecule has 0 aliphatic rings. The van der Waals surface area contributed by atoms with Gasteiger partial charge in [0.25, 0.3) is 5.91 Å². The molecule has 0 fully saturated rings. The zero-order valence-electron chi connectivity index (χ0n) is 10.6. The zero-order valence-corrected chi connectivity index (χ0v) is 13.0. The SMILES string of the molecule is CCN(Cc1cccs1)C(=O)c1cc(Br)ccc1N. The standard InChI is InChI=1S/C14H15BrN2OS/c1-2-17(9-11-4-3-7-19-11)14(18)12-8-10(15)5-6-13(12)16/h3-8H,2,9,16H2,1H3. The number of thiophene rings is 1. The van der Waals surface area contributed by atoms with E-state index in [-0.39, 0.29) is 5.91 Å². The summed E-state index contributed by atoms with van der Waals surface area (Å²) in [5, 5.41) is 2.01. The largest absolute Gasteiger partial charge is 0.398 e. The van der Waals surface area contributed by atoms with Gasteiger partial charge in [0.1, 0.15) is 0 Å². The molecule has 19 heavy (non-hydrogen) atoms. The molecule has 5 heteroatoms. The van der Waals surface area contributed by atoms with Crippen LogP contribution in [0.2, 0.25) is 0 Å². The highest BCUT2D eigenvalue weighted by molar-refractivity contribution is 9.10. The van der Waals surface area contributed by atoms with Crippen LogP contribution in [0.3, 0.4) is 0 Å². The first-order valence-corrected chi connectivity index (χ1v) is 7.65. The van der Waals surface area contributed by atoms with E-state index in [1.807, 2.05) is 30.5 Å². The first-order chi connectivity index (χ1) is 9.11. The molecule has 0 aliphatic carbocycles. The van der Waals surface area contributed by atoms with Crippen LogP contribution in [-0.2, 0) is 6.54 Å². The first-order valence-electron chi connectivity index (χ1n) is 5.98. The molecule has 2 N–H and O–H groups in total. The fourth-order valence-electron chi connectivity index (χ4n) is 1.80. The Bertz CT molecular complexity index is 569. The Morgan fingerprint density at radius 1 is 1.42 bits per heavy atom. The third kappa shape index (κ3) is 3.36. The van der Waals surface area contributed by atoms with Crippen LogP contribution in [0.1, 0.15) is 22.2 Å². The topological polar surface area (TPSA) is 46.3 Å². The molecule has 0 spiro atoms. The Labute approximate surface area is 125 Å². The number of halogens is 1. The number of nitrogens with two attached hydrogens (primary N) is 1. The maximum absolute atomic E-state index is 12.5. The Kier molecular flexibility index (Phi) is 4.61. The first kappa shape index (κ1) is 14.1. The average Bonchev–Trinajstić information content (AvgIpc) is 2.91. The fraction of sp³-hybridized carbons (Fsp3) is 0.214. The molecular formula is C14H15BrN2OS. The minimum Gasteiger partial charge on any atom is -0.398 e. The number of hydrogen-bond donors (Lipinski definition) is 1. The maximum Gasteiger partial charge on any atom is 0.256 e. The lowest BCUT2D eigenvalue weighted by atomic mass is 10.1. The summed E-state index contributed by atoms with van der Waals surface area (Å²) in [6.45, 7) is 3.25. The average molecular weight is 339 g/mol. The number of carbonyl (C=O) groups is 1. The monoisotopic (exact) mass is 338 g/mol. The summed E-state index contributed by atoms with van der Waals surface area (Å²) in [5.74, 6) is -0.0327. The van der Waals surface area contributed by atoms with Gasteiger partial charge in [0.15, 0.2) is 0 Å². The van der Waals surface area contributed by atoms with Crippen molar-refractivity contribution < 1.29 is 4.79 Å². The lowest BCUT2D eigenvalue weighted by molar-refractivity contribution is 0.0755. The second kappa shape index (κ2) is 6.21. The molecule has 0 bridgehead atoms. The number of amides is 1. The van der Waals surface area contributed by atoms with Gasteiger partial charge < -0.3 is 10.6 Å². The highest BCUT2D eigenvalue weighted by Crippen LogP contribution is 2.21. The molecule has 2 rings (SSSR count). The number of nitrogens with zero attached hydrogens (tertiary/aromatic N) is 1. The molecule has 1 aromatic heterocycles. The van der Waals surface area contributed by atoms with E-state index in [1.54, 1.807) is 28.4 Å². The van der Waals surface area contributed by atoms with E-state index in [4.69, 9.17) is 5.73 Å². The Morgan fingerprint density at radius 3 is 2.84 bits per heavy atom. The summed E-state index contributed by atoms with van der Waals surface area (Å²) in [4.78, 5) is 15.5. The number of benzene rings is 1. The van der Waals surface area contributed by atoms with Crippen molar-refractivity contribution in [2.75, 3.05) is 12.3 Å². The summed E-state index contributed by atoms with van der Waals surface area (Å²) in [5.41, 5.74) is 6.95. The molecule has 100 valence electrons. The van der Waals surface area contributed by atoms with E-state index in [9.17, 15) is 4.79 Å². The van der Waals surface area contributed by atoms with Crippen LogP contribution in [0.15, 0.2) is 40.2 Å². The molecule has 0 unspecified atom stereocenters. The van der Waals surface area contributed by atoms with Crippen molar-refractivity contribution in [2.45, 2.75) is 13.5 Å². The quantitative estimate of drug-likeness (QED) is 0.863. The molecule has 1 heterocycles. The van der Waals surface area contributed by atoms with E-state index in [0.29, 0.717) is 24.3 Å². The molecule has 1 aromatic carbocycles. The number of rotatable bonds is 4. The molecule has 1 amide bonds. The van der Waals surface area contributed by atoms with Gasteiger partial charge in [0.05, 0.1) is 12.1 Å². The van der Waals surface area contributed by atoms with Crippen LogP contribution in [0, 0.1) is 0 Å². The van der Waals surface area contributed by atoms with E-state index in [2.05, 4.69) is 15.9 Å². The van der Waals surface area contributed by atoms with Gasteiger partial charge in [0, 0.05) is 21.6 Å². The smallest absolute Gasteiger partial charge is 0.256 e. The van der Waals surface area contributed by atoms with Crippen molar-refractivity contribution in [2.24, 2.45) is 0 Å². The lowest BCUT2D eigenvalue weighted by Gasteiger charge is -2.21. The minimum absolute atomic E-state index is 0.0327. The van der Waals surface area contributed by atoms with Gasteiger partial charge in [-0.1, -0.05) is 22.0 Å². The van der Waals surface area contributed by atoms with Gasteiger partial charge in [0.2, 0.25) is 0 Å². The van der Waals surface area contributed by atoms with Crippen molar-refractivity contribution in [3.8, 4) is 0 Å². The van der Waals surface area contributed by atoms with Crippen molar-refractivity contribution in [1.29, 1.82) is 0 Å². The highest BCUT2D eigenvalue weighted by Gasteiger charge is 2.17. The number of carbonyl (C=O) groups excluding carboxylic acids is 1. The van der Waals surface area contributed by atoms with Gasteiger partial charge in [-0.3, -0.25) is 4.79 Å². The molecule has 0 aliphatic heterocycles. The molecule has 3 nitrogen and oxygen atoms in total. The van der Waals surface area contributed by atoms with Crippen molar-refractivity contribution in [3.63, 3.8) is 0 Å². The Hall–Kier alpha value is -1.33. The van der Waals surface area contributed by atoms with E-state index < -0.39 is 0 Å². The van der Waals surface area contributed by atoms with Crippen LogP contribution in [0.4, 0.5) is 5.69 Å². The predicted molar refractivity (Wildman–Crippen MR) is 83.3 cm³/mol. The molecule has 0 radical (unpaired) electrons. The van der Waals surface area contributed by atoms with Crippen molar-refractivity contribution in [3.05, 3.63) is 50.6 Å². The van der Waals surface area contributed by atoms with E-state index in [0.717, 1.165) is 4.47 Å². The molecule has 2 aromatic rings. The van der Waals surface area contributed by atoms with Crippen molar-refractivity contribution in [1.82, 2.24) is 4.90 Å². The third-order valence-corrected chi connectivity index (χ3v) is 4.20. The normalized spacial score (nSPS) is 10.4. The highest BCUT2D eigenvalue weighted by atomic mass is 79.9. The summed E-state index contributed by atoms with van der Waals surface area (Å²) in [7, 11) is 0. The van der Waals surface area contributed by atoms with Crippen LogP contribution >= 0.6 is 27.3 Å². The van der Waals surface area contributed by atoms with Gasteiger partial charge in [-0.2, -0.15) is 0 Å². The van der Waals surface area contributed by atoms with E-state index in [1.165, 1.54) is 4.88 Å². The van der Waals surface area contributed by atoms with Crippen LogP contribution in [0.5, 0.6) is 0 Å². The van der Waals surface area contributed by atoms with Gasteiger partial charge >= 0.3 is 0 Å². The third-order valence-electron chi connectivity index (χ3n) is 2.84. The summed E-state index contributed by atoms with van der Waals surface area (Å²) < 4.78 is 0.859. The Balaban J connectivity index is 2.23. The number of anilines is 1. The van der Waals surface area contributed by atoms with Gasteiger partial charge in [-0.25, -0.2) is 0 Å². The second-order valence-electron chi connectivity index (χ2n) is 4.13. The number of nitrogen functional groups attached to an aromatic ring is 1. The fourth-order valence-corrected chi connectivity index (χ4v) is 2.88. The summed E-state index contributed by atoms with van der Waals surface area (Å²) in [6.07, 6.45) is 0. The van der Waals surface area contributed by atoms with Crippen LogP contribution < -0.4 is 5.73 Å². The summed E-state index contributed by atoms with van der Waals surface area (Å²) >= 11 is 5.02. The maximum atomic E-state index is 12.5. The zero-order chi connectivity index (χ0) is 13.8. The minimum atomic E-state index is -0.0327. The van der Waals surface area contributed by atoms with Crippen LogP contribution in [-0.4, -0.2) is 17.4 Å². The molecule has 0 atom stereocenters. The molecule has 0 saturated heterocycles. The predicted octanol–water partition coefficient (Wildman–Crippen LogP) is 3.76. The molecule has 0 saturated carbocycles.